The molecule has 0 radical (unpaired) electrons. The maximum Gasteiger partial charge on any atom is 0.257 e. The Labute approximate surface area is 197 Å². The average molecular weight is 495 g/mol. The number of piperazine rings is 1. The van der Waals surface area contributed by atoms with Crippen molar-refractivity contribution in [2.24, 2.45) is 0 Å². The highest BCUT2D eigenvalue weighted by molar-refractivity contribution is 9.10. The Balaban J connectivity index is 1.52. The molecule has 3 aromatic rings. The van der Waals surface area contributed by atoms with Gasteiger partial charge >= 0.3 is 0 Å². The molecule has 1 amide bonds. The third-order valence-corrected chi connectivity index (χ3v) is 6.44. The van der Waals surface area contributed by atoms with Crippen LogP contribution >= 0.6 is 15.9 Å². The molecule has 166 valence electrons. The van der Waals surface area contributed by atoms with Crippen molar-refractivity contribution >= 4 is 21.8 Å². The molecule has 0 bridgehead atoms. The number of benzene rings is 3. The molecule has 0 spiro atoms. The first kappa shape index (κ1) is 22.4. The Hall–Kier alpha value is -2.83. The van der Waals surface area contributed by atoms with Crippen molar-refractivity contribution in [1.29, 1.82) is 0 Å². The van der Waals surface area contributed by atoms with Crippen molar-refractivity contribution in [2.75, 3.05) is 40.4 Å². The number of hydrogen-bond acceptors (Lipinski definition) is 4. The summed E-state index contributed by atoms with van der Waals surface area (Å²) in [5.41, 5.74) is 3.07. The summed E-state index contributed by atoms with van der Waals surface area (Å²) in [6, 6.07) is 24.5. The molecule has 1 atom stereocenters. The second-order valence-electron chi connectivity index (χ2n) is 7.76. The SMILES string of the molecule is COc1ccc(C(=O)N2CCN(C(c3ccccc3)c3ccc(Br)cc3)CC2)c(OC)c1. The zero-order chi connectivity index (χ0) is 22.5. The monoisotopic (exact) mass is 494 g/mol. The van der Waals surface area contributed by atoms with E-state index >= 15 is 0 Å². The van der Waals surface area contributed by atoms with E-state index in [-0.39, 0.29) is 11.9 Å². The summed E-state index contributed by atoms with van der Waals surface area (Å²) in [6.07, 6.45) is 0. The fourth-order valence-electron chi connectivity index (χ4n) is 4.22. The molecule has 1 unspecified atom stereocenters. The van der Waals surface area contributed by atoms with Crippen LogP contribution < -0.4 is 9.47 Å². The van der Waals surface area contributed by atoms with Crippen LogP contribution in [-0.4, -0.2) is 56.1 Å². The molecule has 5 nitrogen and oxygen atoms in total. The fraction of sp³-hybridized carbons (Fsp3) is 0.269. The molecule has 3 aromatic carbocycles. The van der Waals surface area contributed by atoms with Crippen molar-refractivity contribution in [3.05, 3.63) is 94.0 Å². The fourth-order valence-corrected chi connectivity index (χ4v) is 4.49. The topological polar surface area (TPSA) is 42.0 Å². The van der Waals surface area contributed by atoms with Crippen molar-refractivity contribution in [3.8, 4) is 11.5 Å². The van der Waals surface area contributed by atoms with Crippen LogP contribution in [-0.2, 0) is 0 Å². The largest absolute Gasteiger partial charge is 0.497 e. The molecular formula is C26H27BrN2O3. The van der Waals surface area contributed by atoms with Crippen LogP contribution in [0, 0.1) is 0 Å². The normalized spacial score (nSPS) is 15.3. The van der Waals surface area contributed by atoms with E-state index in [4.69, 9.17) is 9.47 Å². The Morgan fingerprint density at radius 1 is 0.844 bits per heavy atom. The lowest BCUT2D eigenvalue weighted by Crippen LogP contribution is -2.49. The van der Waals surface area contributed by atoms with Crippen molar-refractivity contribution in [2.45, 2.75) is 6.04 Å². The molecule has 6 heteroatoms. The minimum Gasteiger partial charge on any atom is -0.497 e. The summed E-state index contributed by atoms with van der Waals surface area (Å²) < 4.78 is 11.8. The van der Waals surface area contributed by atoms with E-state index < -0.39 is 0 Å². The van der Waals surface area contributed by atoms with E-state index in [2.05, 4.69) is 69.4 Å². The van der Waals surface area contributed by atoms with Crippen LogP contribution in [0.15, 0.2) is 77.3 Å². The van der Waals surface area contributed by atoms with Crippen LogP contribution in [0.1, 0.15) is 27.5 Å². The van der Waals surface area contributed by atoms with E-state index in [9.17, 15) is 4.79 Å². The Morgan fingerprint density at radius 2 is 1.50 bits per heavy atom. The van der Waals surface area contributed by atoms with Gasteiger partial charge in [0.2, 0.25) is 0 Å². The van der Waals surface area contributed by atoms with Crippen molar-refractivity contribution < 1.29 is 14.3 Å². The number of methoxy groups -OCH3 is 2. The molecule has 1 saturated heterocycles. The van der Waals surface area contributed by atoms with E-state index in [0.29, 0.717) is 30.2 Å². The van der Waals surface area contributed by atoms with Gasteiger partial charge < -0.3 is 14.4 Å². The van der Waals surface area contributed by atoms with Gasteiger partial charge in [-0.1, -0.05) is 58.4 Å². The van der Waals surface area contributed by atoms with E-state index in [1.165, 1.54) is 11.1 Å². The minimum absolute atomic E-state index is 0.0101. The van der Waals surface area contributed by atoms with Crippen LogP contribution in [0.5, 0.6) is 11.5 Å². The van der Waals surface area contributed by atoms with Gasteiger partial charge in [0.15, 0.2) is 0 Å². The minimum atomic E-state index is -0.0101. The van der Waals surface area contributed by atoms with Gasteiger partial charge in [-0.25, -0.2) is 0 Å². The van der Waals surface area contributed by atoms with Gasteiger partial charge in [0.25, 0.3) is 5.91 Å². The first-order valence-electron chi connectivity index (χ1n) is 10.7. The first-order valence-corrected chi connectivity index (χ1v) is 11.5. The third-order valence-electron chi connectivity index (χ3n) is 5.91. The summed E-state index contributed by atoms with van der Waals surface area (Å²) in [5, 5.41) is 0. The van der Waals surface area contributed by atoms with Gasteiger partial charge in [-0.3, -0.25) is 9.69 Å². The lowest BCUT2D eigenvalue weighted by molar-refractivity contribution is 0.0594. The van der Waals surface area contributed by atoms with Gasteiger partial charge in [-0.2, -0.15) is 0 Å². The number of carbonyl (C=O) groups excluding carboxylic acids is 1. The highest BCUT2D eigenvalue weighted by atomic mass is 79.9. The quantitative estimate of drug-likeness (QED) is 0.482. The van der Waals surface area contributed by atoms with Gasteiger partial charge in [-0.05, 0) is 35.4 Å². The Kier molecular flexibility index (Phi) is 7.12. The predicted molar refractivity (Wildman–Crippen MR) is 129 cm³/mol. The summed E-state index contributed by atoms with van der Waals surface area (Å²) >= 11 is 3.54. The molecule has 0 aliphatic carbocycles. The van der Waals surface area contributed by atoms with E-state index in [1.54, 1.807) is 32.4 Å². The zero-order valence-corrected chi connectivity index (χ0v) is 19.9. The number of ether oxygens (including phenoxy) is 2. The highest BCUT2D eigenvalue weighted by Gasteiger charge is 2.29. The summed E-state index contributed by atoms with van der Waals surface area (Å²) in [5.74, 6) is 1.20. The standard InChI is InChI=1S/C26H27BrN2O3/c1-31-22-12-13-23(24(18-22)32-2)26(30)29-16-14-28(15-17-29)25(19-6-4-3-5-7-19)20-8-10-21(27)11-9-20/h3-13,18,25H,14-17H2,1-2H3. The van der Waals surface area contributed by atoms with Crippen LogP contribution in [0.2, 0.25) is 0 Å². The lowest BCUT2D eigenvalue weighted by atomic mass is 9.96. The van der Waals surface area contributed by atoms with Gasteiger partial charge in [0.05, 0.1) is 25.8 Å². The molecule has 1 heterocycles. The summed E-state index contributed by atoms with van der Waals surface area (Å²) in [6.45, 7) is 2.90. The van der Waals surface area contributed by atoms with E-state index in [0.717, 1.165) is 17.6 Å². The molecule has 32 heavy (non-hydrogen) atoms. The average Bonchev–Trinajstić information content (AvgIpc) is 2.85. The van der Waals surface area contributed by atoms with Crippen LogP contribution in [0.4, 0.5) is 0 Å². The van der Waals surface area contributed by atoms with Crippen molar-refractivity contribution in [1.82, 2.24) is 9.80 Å². The Morgan fingerprint density at radius 3 is 2.12 bits per heavy atom. The maximum atomic E-state index is 13.2. The Bertz CT molecular complexity index is 1050. The summed E-state index contributed by atoms with van der Waals surface area (Å²) in [7, 11) is 3.18. The third kappa shape index (κ3) is 4.81. The highest BCUT2D eigenvalue weighted by Crippen LogP contribution is 2.31. The maximum absolute atomic E-state index is 13.2. The molecule has 4 rings (SSSR count). The van der Waals surface area contributed by atoms with Crippen LogP contribution in [0.3, 0.4) is 0 Å². The number of hydrogen-bond donors (Lipinski definition) is 0. The lowest BCUT2D eigenvalue weighted by Gasteiger charge is -2.40. The van der Waals surface area contributed by atoms with Crippen molar-refractivity contribution in [3.63, 3.8) is 0 Å². The second kappa shape index (κ2) is 10.2. The van der Waals surface area contributed by atoms with Gasteiger partial charge in [0, 0.05) is 36.7 Å². The molecular weight excluding hydrogens is 468 g/mol. The predicted octanol–water partition coefficient (Wildman–Crippen LogP) is 5.01. The molecule has 0 N–H and O–H groups in total. The smallest absolute Gasteiger partial charge is 0.257 e. The van der Waals surface area contributed by atoms with Gasteiger partial charge in [0.1, 0.15) is 11.5 Å². The molecule has 1 aliphatic heterocycles. The molecule has 0 saturated carbocycles. The number of carbonyl (C=O) groups is 1. The number of rotatable bonds is 6. The first-order chi connectivity index (χ1) is 15.6. The van der Waals surface area contributed by atoms with Gasteiger partial charge in [-0.15, -0.1) is 0 Å². The van der Waals surface area contributed by atoms with Crippen LogP contribution in [0.25, 0.3) is 0 Å². The van der Waals surface area contributed by atoms with E-state index in [1.807, 2.05) is 11.0 Å². The summed E-state index contributed by atoms with van der Waals surface area (Å²) in [4.78, 5) is 17.6. The molecule has 1 aliphatic rings. The number of nitrogens with zero attached hydrogens (tertiary/aromatic N) is 2. The number of amides is 1. The number of halogens is 1. The molecule has 1 fully saturated rings. The zero-order valence-electron chi connectivity index (χ0n) is 18.3. The molecule has 0 aromatic heterocycles. The second-order valence-corrected chi connectivity index (χ2v) is 8.67.